The lowest BCUT2D eigenvalue weighted by molar-refractivity contribution is -0.215. The molecule has 136 valence electrons. The number of nitrogens with one attached hydrogen (secondary N) is 1. The number of hydrogen-bond acceptors (Lipinski definition) is 6. The molecule has 26 heavy (non-hydrogen) atoms. The van der Waals surface area contributed by atoms with Crippen LogP contribution in [0.5, 0.6) is 11.5 Å². The highest BCUT2D eigenvalue weighted by atomic mass is 16.5. The van der Waals surface area contributed by atoms with Crippen molar-refractivity contribution in [3.05, 3.63) is 30.3 Å². The zero-order valence-electron chi connectivity index (χ0n) is 14.7. The fourth-order valence-electron chi connectivity index (χ4n) is 4.44. The van der Waals surface area contributed by atoms with E-state index in [4.69, 9.17) is 10.5 Å². The van der Waals surface area contributed by atoms with Gasteiger partial charge in [0.05, 0.1) is 6.61 Å². The Kier molecular flexibility index (Phi) is 3.75. The number of nitrogens with zero attached hydrogens (tertiary/aromatic N) is 2. The second-order valence-corrected chi connectivity index (χ2v) is 7.72. The van der Waals surface area contributed by atoms with Crippen molar-refractivity contribution in [2.45, 2.75) is 26.2 Å². The largest absolute Gasteiger partial charge is 0.507 e. The summed E-state index contributed by atoms with van der Waals surface area (Å²) in [6.45, 7) is 2.87. The summed E-state index contributed by atoms with van der Waals surface area (Å²) in [5.74, 6) is 0.881. The van der Waals surface area contributed by atoms with Crippen molar-refractivity contribution in [2.75, 3.05) is 18.9 Å². The first kappa shape index (κ1) is 16.6. The highest BCUT2D eigenvalue weighted by Crippen LogP contribution is 2.72. The van der Waals surface area contributed by atoms with Gasteiger partial charge in [0.1, 0.15) is 11.4 Å². The van der Waals surface area contributed by atoms with Crippen LogP contribution >= 0.6 is 0 Å². The quantitative estimate of drug-likeness (QED) is 0.733. The SMILES string of the molecule is CC(=O)NCC12CC(COc3cc(-c4ccccc4O)nnc3N)(C1)C2. The number of benzene rings is 1. The van der Waals surface area contributed by atoms with Crippen molar-refractivity contribution in [1.29, 1.82) is 0 Å². The van der Waals surface area contributed by atoms with Crippen molar-refractivity contribution in [2.24, 2.45) is 10.8 Å². The fourth-order valence-corrected chi connectivity index (χ4v) is 4.44. The average molecular weight is 354 g/mol. The molecule has 1 aromatic heterocycles. The Morgan fingerprint density at radius 3 is 2.69 bits per heavy atom. The summed E-state index contributed by atoms with van der Waals surface area (Å²) in [7, 11) is 0. The predicted molar refractivity (Wildman–Crippen MR) is 96.4 cm³/mol. The molecule has 1 aromatic carbocycles. The molecule has 0 saturated heterocycles. The maximum atomic E-state index is 11.1. The van der Waals surface area contributed by atoms with Crippen LogP contribution in [0.4, 0.5) is 5.82 Å². The fraction of sp³-hybridized carbons (Fsp3) is 0.421. The van der Waals surface area contributed by atoms with E-state index in [1.807, 2.05) is 6.07 Å². The van der Waals surface area contributed by atoms with E-state index in [1.165, 1.54) is 0 Å². The molecule has 3 saturated carbocycles. The molecular formula is C19H22N4O3. The summed E-state index contributed by atoms with van der Waals surface area (Å²) in [5, 5.41) is 20.9. The number of carbonyl (C=O) groups is 1. The normalized spacial score (nSPS) is 25.7. The van der Waals surface area contributed by atoms with E-state index >= 15 is 0 Å². The molecule has 4 N–H and O–H groups in total. The molecule has 3 fully saturated rings. The smallest absolute Gasteiger partial charge is 0.216 e. The average Bonchev–Trinajstić information content (AvgIpc) is 2.54. The number of carbonyl (C=O) groups excluding carboxylic acids is 1. The summed E-state index contributed by atoms with van der Waals surface area (Å²) in [6, 6.07) is 8.66. The number of rotatable bonds is 6. The van der Waals surface area contributed by atoms with Crippen molar-refractivity contribution in [1.82, 2.24) is 15.5 Å². The lowest BCUT2D eigenvalue weighted by Crippen LogP contribution is -2.67. The highest BCUT2D eigenvalue weighted by Gasteiger charge is 2.67. The minimum Gasteiger partial charge on any atom is -0.507 e. The van der Waals surface area contributed by atoms with Gasteiger partial charge >= 0.3 is 0 Å². The molecule has 5 rings (SSSR count). The van der Waals surface area contributed by atoms with Gasteiger partial charge in [-0.2, -0.15) is 0 Å². The number of phenolic OH excluding ortho intramolecular Hbond substituents is 1. The van der Waals surface area contributed by atoms with Crippen LogP contribution in [0, 0.1) is 10.8 Å². The number of para-hydroxylation sites is 1. The topological polar surface area (TPSA) is 110 Å². The van der Waals surface area contributed by atoms with Gasteiger partial charge in [0, 0.05) is 30.5 Å². The van der Waals surface area contributed by atoms with E-state index in [2.05, 4.69) is 15.5 Å². The van der Waals surface area contributed by atoms with Crippen molar-refractivity contribution >= 4 is 11.7 Å². The number of anilines is 1. The Bertz CT molecular complexity index is 848. The Morgan fingerprint density at radius 2 is 2.00 bits per heavy atom. The molecule has 2 aromatic rings. The van der Waals surface area contributed by atoms with Crippen LogP contribution in [0.3, 0.4) is 0 Å². The van der Waals surface area contributed by atoms with Crippen LogP contribution in [-0.2, 0) is 4.79 Å². The Balaban J connectivity index is 1.40. The van der Waals surface area contributed by atoms with Crippen LogP contribution in [0.15, 0.2) is 30.3 Å². The summed E-state index contributed by atoms with van der Waals surface area (Å²) in [4.78, 5) is 11.1. The maximum absolute atomic E-state index is 11.1. The standard InChI is InChI=1S/C19H22N4O3/c1-12(24)21-10-18-7-19(8-18,9-18)11-26-16-6-14(22-23-17(16)20)13-4-2-3-5-15(13)25/h2-6,25H,7-11H2,1H3,(H2,20,23)(H,21,24). The van der Waals surface area contributed by atoms with Gasteiger partial charge in [-0.3, -0.25) is 4.79 Å². The van der Waals surface area contributed by atoms with E-state index in [9.17, 15) is 9.90 Å². The van der Waals surface area contributed by atoms with Gasteiger partial charge in [-0.15, -0.1) is 10.2 Å². The number of hydrogen-bond donors (Lipinski definition) is 3. The highest BCUT2D eigenvalue weighted by molar-refractivity contribution is 5.73. The van der Waals surface area contributed by atoms with Crippen molar-refractivity contribution in [3.8, 4) is 22.8 Å². The summed E-state index contributed by atoms with van der Waals surface area (Å²) < 4.78 is 5.96. The molecule has 7 heteroatoms. The molecule has 0 radical (unpaired) electrons. The summed E-state index contributed by atoms with van der Waals surface area (Å²) >= 11 is 0. The van der Waals surface area contributed by atoms with Gasteiger partial charge in [-0.25, -0.2) is 0 Å². The maximum Gasteiger partial charge on any atom is 0.216 e. The molecule has 0 atom stereocenters. The van der Waals surface area contributed by atoms with Crippen molar-refractivity contribution in [3.63, 3.8) is 0 Å². The summed E-state index contributed by atoms with van der Waals surface area (Å²) in [6.07, 6.45) is 3.18. The van der Waals surface area contributed by atoms with E-state index in [1.54, 1.807) is 31.2 Å². The van der Waals surface area contributed by atoms with E-state index in [0.29, 0.717) is 23.6 Å². The van der Waals surface area contributed by atoms with Gasteiger partial charge in [0.2, 0.25) is 5.91 Å². The van der Waals surface area contributed by atoms with Gasteiger partial charge in [0.15, 0.2) is 11.6 Å². The molecule has 7 nitrogen and oxygen atoms in total. The second kappa shape index (κ2) is 5.86. The zero-order valence-corrected chi connectivity index (χ0v) is 14.7. The third kappa shape index (κ3) is 2.83. The number of phenols is 1. The van der Waals surface area contributed by atoms with Crippen LogP contribution in [0.2, 0.25) is 0 Å². The predicted octanol–water partition coefficient (Wildman–Crippen LogP) is 2.12. The van der Waals surface area contributed by atoms with Gasteiger partial charge in [0.25, 0.3) is 0 Å². The van der Waals surface area contributed by atoms with E-state index in [0.717, 1.165) is 25.8 Å². The minimum atomic E-state index is 0.0207. The van der Waals surface area contributed by atoms with E-state index < -0.39 is 0 Å². The number of nitrogens with two attached hydrogens (primary N) is 1. The Labute approximate surface area is 151 Å². The van der Waals surface area contributed by atoms with Gasteiger partial charge in [-0.05, 0) is 36.8 Å². The first-order valence-electron chi connectivity index (χ1n) is 8.69. The lowest BCUT2D eigenvalue weighted by Gasteiger charge is -2.70. The van der Waals surface area contributed by atoms with Crippen LogP contribution in [-0.4, -0.2) is 34.4 Å². The molecule has 0 unspecified atom stereocenters. The number of amides is 1. The number of aromatic nitrogens is 2. The monoisotopic (exact) mass is 354 g/mol. The van der Waals surface area contributed by atoms with Gasteiger partial charge < -0.3 is 20.9 Å². The number of aromatic hydroxyl groups is 1. The lowest BCUT2D eigenvalue weighted by atomic mass is 9.35. The van der Waals surface area contributed by atoms with Crippen LogP contribution in [0.25, 0.3) is 11.3 Å². The van der Waals surface area contributed by atoms with Gasteiger partial charge in [-0.1, -0.05) is 12.1 Å². The third-order valence-corrected chi connectivity index (χ3v) is 5.46. The number of nitrogen functional groups attached to an aromatic ring is 1. The second-order valence-electron chi connectivity index (χ2n) is 7.72. The van der Waals surface area contributed by atoms with Crippen LogP contribution < -0.4 is 15.8 Å². The molecule has 3 aliphatic carbocycles. The molecule has 3 aliphatic rings. The molecular weight excluding hydrogens is 332 g/mol. The van der Waals surface area contributed by atoms with E-state index in [-0.39, 0.29) is 28.3 Å². The molecule has 1 amide bonds. The third-order valence-electron chi connectivity index (χ3n) is 5.46. The Hall–Kier alpha value is -2.83. The first-order valence-corrected chi connectivity index (χ1v) is 8.69. The molecule has 1 heterocycles. The molecule has 0 spiro atoms. The van der Waals surface area contributed by atoms with Crippen molar-refractivity contribution < 1.29 is 14.6 Å². The summed E-state index contributed by atoms with van der Waals surface area (Å²) in [5.41, 5.74) is 7.46. The van der Waals surface area contributed by atoms with Crippen LogP contribution in [0.1, 0.15) is 26.2 Å². The molecule has 2 bridgehead atoms. The zero-order chi connectivity index (χ0) is 18.4. The molecule has 0 aliphatic heterocycles. The Morgan fingerprint density at radius 1 is 1.27 bits per heavy atom. The first-order chi connectivity index (χ1) is 12.4. The minimum absolute atomic E-state index is 0.0207. The number of ether oxygens (including phenoxy) is 1.